The summed E-state index contributed by atoms with van der Waals surface area (Å²) in [5.41, 5.74) is 0.995. The van der Waals surface area contributed by atoms with E-state index in [1.165, 1.54) is 39.2 Å². The van der Waals surface area contributed by atoms with E-state index in [0.717, 1.165) is 19.3 Å². The summed E-state index contributed by atoms with van der Waals surface area (Å²) in [4.78, 5) is 27.9. The van der Waals surface area contributed by atoms with Crippen LogP contribution in [0.1, 0.15) is 92.4 Å². The van der Waals surface area contributed by atoms with Gasteiger partial charge in [0.1, 0.15) is 0 Å². The molecule has 1 heterocycles. The van der Waals surface area contributed by atoms with Crippen LogP contribution in [-0.2, 0) is 6.61 Å². The van der Waals surface area contributed by atoms with Gasteiger partial charge in [0.25, 0.3) is 0 Å². The van der Waals surface area contributed by atoms with Crippen molar-refractivity contribution in [2.24, 2.45) is 0 Å². The minimum absolute atomic E-state index is 0.0429. The molecular formula is C19H29NO4. The lowest BCUT2D eigenvalue weighted by Crippen LogP contribution is -2.28. The molecule has 5 heteroatoms. The third-order valence-electron chi connectivity index (χ3n) is 4.95. The topological polar surface area (TPSA) is 79.4 Å². The number of unbranched alkanes of at least 4 members (excludes halogenated alkanes) is 5. The number of aliphatic hydroxyl groups is 1. The Labute approximate surface area is 143 Å². The summed E-state index contributed by atoms with van der Waals surface area (Å²) in [6, 6.07) is 0. The molecular weight excluding hydrogens is 306 g/mol. The first-order valence-corrected chi connectivity index (χ1v) is 9.11. The second kappa shape index (κ2) is 9.02. The molecule has 1 atom stereocenters. The minimum Gasteiger partial charge on any atom is -0.491 e. The molecule has 24 heavy (non-hydrogen) atoms. The van der Waals surface area contributed by atoms with Crippen molar-refractivity contribution in [3.05, 3.63) is 27.2 Å². The van der Waals surface area contributed by atoms with Crippen molar-refractivity contribution < 1.29 is 14.6 Å². The first-order valence-electron chi connectivity index (χ1n) is 9.11. The fourth-order valence-electron chi connectivity index (χ4n) is 3.62. The molecule has 1 aromatic rings. The summed E-state index contributed by atoms with van der Waals surface area (Å²) >= 11 is 0. The van der Waals surface area contributed by atoms with Gasteiger partial charge in [0, 0.05) is 12.0 Å². The van der Waals surface area contributed by atoms with Crippen LogP contribution in [0.15, 0.2) is 4.79 Å². The second-order valence-corrected chi connectivity index (χ2v) is 6.63. The number of pyridine rings is 1. The van der Waals surface area contributed by atoms with Gasteiger partial charge in [-0.25, -0.2) is 0 Å². The summed E-state index contributed by atoms with van der Waals surface area (Å²) in [6.07, 6.45) is 9.38. The molecule has 2 rings (SSSR count). The zero-order chi connectivity index (χ0) is 17.5. The van der Waals surface area contributed by atoms with Gasteiger partial charge in [-0.05, 0) is 18.8 Å². The minimum atomic E-state index is -0.346. The van der Waals surface area contributed by atoms with Crippen LogP contribution in [0.2, 0.25) is 0 Å². The van der Waals surface area contributed by atoms with Crippen molar-refractivity contribution in [2.75, 3.05) is 7.11 Å². The lowest BCUT2D eigenvalue weighted by atomic mass is 9.81. The molecule has 134 valence electrons. The number of carbonyl (C=O) groups excluding carboxylic acids is 1. The number of rotatable bonds is 9. The Morgan fingerprint density at radius 2 is 1.88 bits per heavy atom. The number of aromatic amines is 1. The van der Waals surface area contributed by atoms with Crippen molar-refractivity contribution in [1.29, 1.82) is 0 Å². The summed E-state index contributed by atoms with van der Waals surface area (Å²) in [6.45, 7) is 1.86. The lowest BCUT2D eigenvalue weighted by molar-refractivity contribution is 0.0959. The Kier molecular flexibility index (Phi) is 7.03. The van der Waals surface area contributed by atoms with Gasteiger partial charge in [-0.1, -0.05) is 45.4 Å². The molecule has 0 fully saturated rings. The number of ketones is 1. The first-order chi connectivity index (χ1) is 11.6. The van der Waals surface area contributed by atoms with Gasteiger partial charge in [-0.15, -0.1) is 0 Å². The maximum absolute atomic E-state index is 12.7. The molecule has 1 aliphatic rings. The van der Waals surface area contributed by atoms with Crippen molar-refractivity contribution in [3.8, 4) is 5.75 Å². The zero-order valence-corrected chi connectivity index (χ0v) is 14.8. The Morgan fingerprint density at radius 3 is 2.54 bits per heavy atom. The van der Waals surface area contributed by atoms with E-state index in [1.54, 1.807) is 0 Å². The number of ether oxygens (including phenoxy) is 1. The number of fused-ring (bicyclic) bond motifs is 1. The van der Waals surface area contributed by atoms with Crippen molar-refractivity contribution >= 4 is 5.78 Å². The lowest BCUT2D eigenvalue weighted by Gasteiger charge is -2.25. The van der Waals surface area contributed by atoms with E-state index >= 15 is 0 Å². The number of methoxy groups -OCH3 is 1. The van der Waals surface area contributed by atoms with Crippen molar-refractivity contribution in [3.63, 3.8) is 0 Å². The van der Waals surface area contributed by atoms with Gasteiger partial charge in [-0.2, -0.15) is 0 Å². The standard InChI is InChI=1S/C19H29NO4/c1-3-4-5-6-7-8-9-13-10-11-15(22)17-16(13)18(23)19(24-2)14(12-21)20-17/h13,21H,3-12H2,1-2H3,(H,20,23)/t13-/m0/s1. The fourth-order valence-corrected chi connectivity index (χ4v) is 3.62. The predicted molar refractivity (Wildman–Crippen MR) is 93.8 cm³/mol. The van der Waals surface area contributed by atoms with Gasteiger partial charge >= 0.3 is 0 Å². The SMILES string of the molecule is CCCCCCCC[C@H]1CCC(=O)c2[nH]c(CO)c(OC)c(=O)c21. The molecule has 0 bridgehead atoms. The highest BCUT2D eigenvalue weighted by Crippen LogP contribution is 2.34. The molecule has 0 saturated heterocycles. The van der Waals surface area contributed by atoms with E-state index in [-0.39, 0.29) is 35.2 Å². The number of aliphatic hydroxyl groups excluding tert-OH is 1. The van der Waals surface area contributed by atoms with E-state index < -0.39 is 0 Å². The number of H-pyrrole nitrogens is 1. The smallest absolute Gasteiger partial charge is 0.227 e. The molecule has 0 saturated carbocycles. The molecule has 1 aliphatic carbocycles. The summed E-state index contributed by atoms with van der Waals surface area (Å²) in [7, 11) is 1.42. The maximum Gasteiger partial charge on any atom is 0.227 e. The second-order valence-electron chi connectivity index (χ2n) is 6.63. The average Bonchev–Trinajstić information content (AvgIpc) is 2.59. The number of hydrogen-bond donors (Lipinski definition) is 2. The third-order valence-corrected chi connectivity index (χ3v) is 4.95. The highest BCUT2D eigenvalue weighted by Gasteiger charge is 2.31. The summed E-state index contributed by atoms with van der Waals surface area (Å²) < 4.78 is 5.17. The van der Waals surface area contributed by atoms with Crippen LogP contribution < -0.4 is 10.2 Å². The molecule has 0 unspecified atom stereocenters. The number of carbonyl (C=O) groups is 1. The van der Waals surface area contributed by atoms with Crippen LogP contribution in [0.4, 0.5) is 0 Å². The number of hydrogen-bond acceptors (Lipinski definition) is 4. The largest absolute Gasteiger partial charge is 0.491 e. The molecule has 0 radical (unpaired) electrons. The van der Waals surface area contributed by atoms with E-state index in [0.29, 0.717) is 17.7 Å². The molecule has 2 N–H and O–H groups in total. The predicted octanol–water partition coefficient (Wildman–Crippen LogP) is 3.69. The quantitative estimate of drug-likeness (QED) is 0.675. The number of Topliss-reactive ketones (excluding diaryl/α,β-unsaturated/α-hetero) is 1. The highest BCUT2D eigenvalue weighted by atomic mass is 16.5. The van der Waals surface area contributed by atoms with Crippen LogP contribution in [0, 0.1) is 0 Å². The molecule has 0 spiro atoms. The van der Waals surface area contributed by atoms with Gasteiger partial charge < -0.3 is 14.8 Å². The number of nitrogens with one attached hydrogen (secondary N) is 1. The van der Waals surface area contributed by atoms with Gasteiger partial charge in [-0.3, -0.25) is 9.59 Å². The number of aromatic nitrogens is 1. The van der Waals surface area contributed by atoms with Crippen LogP contribution >= 0.6 is 0 Å². The van der Waals surface area contributed by atoms with Crippen LogP contribution in [0.5, 0.6) is 5.75 Å². The zero-order valence-electron chi connectivity index (χ0n) is 14.8. The Morgan fingerprint density at radius 1 is 1.17 bits per heavy atom. The van der Waals surface area contributed by atoms with E-state index in [1.807, 2.05) is 0 Å². The average molecular weight is 335 g/mol. The highest BCUT2D eigenvalue weighted by molar-refractivity contribution is 5.97. The summed E-state index contributed by atoms with van der Waals surface area (Å²) in [5.74, 6) is 0.201. The van der Waals surface area contributed by atoms with Crippen LogP contribution in [-0.4, -0.2) is 23.0 Å². The van der Waals surface area contributed by atoms with Crippen molar-refractivity contribution in [2.45, 2.75) is 77.2 Å². The monoisotopic (exact) mass is 335 g/mol. The molecule has 0 aromatic carbocycles. The Bertz CT molecular complexity index is 621. The molecule has 5 nitrogen and oxygen atoms in total. The summed E-state index contributed by atoms with van der Waals surface area (Å²) in [5, 5.41) is 9.41. The Balaban J connectivity index is 2.16. The fraction of sp³-hybridized carbons (Fsp3) is 0.684. The Hall–Kier alpha value is -1.62. The van der Waals surface area contributed by atoms with Crippen LogP contribution in [0.25, 0.3) is 0 Å². The van der Waals surface area contributed by atoms with Gasteiger partial charge in [0.2, 0.25) is 5.43 Å². The molecule has 0 amide bonds. The molecule has 1 aromatic heterocycles. The van der Waals surface area contributed by atoms with E-state index in [2.05, 4.69) is 11.9 Å². The third kappa shape index (κ3) is 4.07. The first kappa shape index (κ1) is 18.7. The van der Waals surface area contributed by atoms with E-state index in [9.17, 15) is 14.7 Å². The maximum atomic E-state index is 12.7. The molecule has 0 aliphatic heterocycles. The van der Waals surface area contributed by atoms with Gasteiger partial charge in [0.05, 0.1) is 25.1 Å². The normalized spacial score (nSPS) is 17.0. The van der Waals surface area contributed by atoms with E-state index in [4.69, 9.17) is 4.74 Å². The van der Waals surface area contributed by atoms with Gasteiger partial charge in [0.15, 0.2) is 11.5 Å². The van der Waals surface area contributed by atoms with Crippen LogP contribution in [0.3, 0.4) is 0 Å². The van der Waals surface area contributed by atoms with Crippen molar-refractivity contribution in [1.82, 2.24) is 4.98 Å².